The fourth-order valence-electron chi connectivity index (χ4n) is 5.44. The van der Waals surface area contributed by atoms with Crippen LogP contribution in [-0.4, -0.2) is 19.1 Å². The number of H-pyrrole nitrogens is 1. The van der Waals surface area contributed by atoms with E-state index in [0.29, 0.717) is 0 Å². The molecule has 0 spiro atoms. The van der Waals surface area contributed by atoms with Crippen molar-refractivity contribution in [2.75, 3.05) is 0 Å². The van der Waals surface area contributed by atoms with Crippen LogP contribution in [0.4, 0.5) is 0 Å². The molecule has 4 aromatic carbocycles. The van der Waals surface area contributed by atoms with Gasteiger partial charge in [-0.15, -0.1) is 0 Å². The van der Waals surface area contributed by atoms with Crippen molar-refractivity contribution in [1.82, 2.24) is 19.1 Å². The number of furan rings is 1. The van der Waals surface area contributed by atoms with E-state index in [9.17, 15) is 4.79 Å². The summed E-state index contributed by atoms with van der Waals surface area (Å²) in [6, 6.07) is 16.7. The maximum absolute atomic E-state index is 12.4. The van der Waals surface area contributed by atoms with E-state index in [4.69, 9.17) is 9.40 Å². The Balaban J connectivity index is 1.64. The molecule has 7 aromatic rings. The van der Waals surface area contributed by atoms with Crippen LogP contribution >= 0.6 is 0 Å². The van der Waals surface area contributed by atoms with Crippen LogP contribution in [0.25, 0.3) is 66.0 Å². The summed E-state index contributed by atoms with van der Waals surface area (Å²) in [5, 5.41) is 5.59. The molecular weight excluding hydrogens is 424 g/mol. The third-order valence-electron chi connectivity index (χ3n) is 7.24. The zero-order chi connectivity index (χ0) is 23.3. The number of rotatable bonds is 1. The molecule has 0 fully saturated rings. The summed E-state index contributed by atoms with van der Waals surface area (Å²) in [6.45, 7) is 4.20. The van der Waals surface area contributed by atoms with Gasteiger partial charge in [0.25, 0.3) is 0 Å². The van der Waals surface area contributed by atoms with Crippen molar-refractivity contribution in [3.05, 3.63) is 76.4 Å². The highest BCUT2D eigenvalue weighted by Crippen LogP contribution is 2.41. The Hall–Kier alpha value is -4.32. The molecule has 0 bridgehead atoms. The van der Waals surface area contributed by atoms with Crippen molar-refractivity contribution in [3.8, 4) is 11.4 Å². The average molecular weight is 447 g/mol. The van der Waals surface area contributed by atoms with E-state index >= 15 is 0 Å². The predicted molar refractivity (Wildman–Crippen MR) is 138 cm³/mol. The molecule has 34 heavy (non-hydrogen) atoms. The second-order valence-corrected chi connectivity index (χ2v) is 9.19. The number of aromatic nitrogens is 4. The first-order chi connectivity index (χ1) is 16.4. The van der Waals surface area contributed by atoms with E-state index in [-0.39, 0.29) is 5.69 Å². The monoisotopic (exact) mass is 446 g/mol. The number of aryl methyl sites for hydroxylation is 4. The smallest absolute Gasteiger partial charge is 0.328 e. The van der Waals surface area contributed by atoms with Gasteiger partial charge in [-0.2, -0.15) is 0 Å². The fraction of sp³-hybridized carbons (Fsp3) is 0.143. The van der Waals surface area contributed by atoms with Crippen molar-refractivity contribution in [1.29, 1.82) is 0 Å². The molecule has 3 heterocycles. The molecule has 0 aliphatic heterocycles. The second-order valence-electron chi connectivity index (χ2n) is 9.19. The molecule has 6 nitrogen and oxygen atoms in total. The summed E-state index contributed by atoms with van der Waals surface area (Å²) in [4.78, 5) is 21.2. The lowest BCUT2D eigenvalue weighted by Crippen LogP contribution is -2.19. The van der Waals surface area contributed by atoms with Gasteiger partial charge < -0.3 is 9.40 Å². The van der Waals surface area contributed by atoms with Gasteiger partial charge in [0.05, 0.1) is 28.3 Å². The Bertz CT molecular complexity index is 2030. The van der Waals surface area contributed by atoms with Gasteiger partial charge in [0, 0.05) is 35.8 Å². The Labute approximate surface area is 194 Å². The van der Waals surface area contributed by atoms with Crippen LogP contribution in [0.1, 0.15) is 11.1 Å². The van der Waals surface area contributed by atoms with Gasteiger partial charge in [-0.25, -0.2) is 9.78 Å². The SMILES string of the molecule is Cc1cccc2c1ccc1c3occ(C)c3c3[nH]c(-c4ccc5c(c4)n(C)c(=O)n5C)nc3c21. The molecule has 0 radical (unpaired) electrons. The molecule has 0 saturated heterocycles. The van der Waals surface area contributed by atoms with Gasteiger partial charge in [-0.05, 0) is 60.0 Å². The second kappa shape index (κ2) is 6.38. The first-order valence-corrected chi connectivity index (χ1v) is 11.3. The third kappa shape index (κ3) is 2.29. The van der Waals surface area contributed by atoms with E-state index in [1.54, 1.807) is 23.2 Å². The first-order valence-electron chi connectivity index (χ1n) is 11.3. The number of imidazole rings is 2. The molecule has 166 valence electrons. The van der Waals surface area contributed by atoms with Gasteiger partial charge in [0.2, 0.25) is 0 Å². The number of nitrogens with zero attached hydrogens (tertiary/aromatic N) is 3. The number of benzene rings is 4. The van der Waals surface area contributed by atoms with Crippen LogP contribution in [0, 0.1) is 13.8 Å². The largest absolute Gasteiger partial charge is 0.463 e. The number of aromatic amines is 1. The molecule has 0 amide bonds. The molecule has 0 atom stereocenters. The first kappa shape index (κ1) is 19.2. The minimum atomic E-state index is -0.0414. The molecular formula is C28H22N4O2. The lowest BCUT2D eigenvalue weighted by Gasteiger charge is -2.08. The fourth-order valence-corrected chi connectivity index (χ4v) is 5.44. The summed E-state index contributed by atoms with van der Waals surface area (Å²) in [5.74, 6) is 0.771. The molecule has 1 N–H and O–H groups in total. The van der Waals surface area contributed by atoms with Crippen LogP contribution in [0.2, 0.25) is 0 Å². The Morgan fingerprint density at radius 2 is 1.65 bits per heavy atom. The number of hydrogen-bond donors (Lipinski definition) is 1. The standard InChI is InChI=1S/C28H22N4O2/c1-14-6-5-7-18-17(14)9-10-19-23(18)25-24(22-15(2)13-34-26(19)22)29-27(30-25)16-8-11-20-21(12-16)32(4)28(33)31(20)3/h5-13H,1-4H3,(H,29,30). The minimum absolute atomic E-state index is 0.0414. The zero-order valence-corrected chi connectivity index (χ0v) is 19.4. The normalized spacial score (nSPS) is 12.2. The van der Waals surface area contributed by atoms with Crippen LogP contribution in [0.5, 0.6) is 0 Å². The zero-order valence-electron chi connectivity index (χ0n) is 19.4. The van der Waals surface area contributed by atoms with Gasteiger partial charge >= 0.3 is 5.69 Å². The maximum atomic E-state index is 12.4. The molecule has 0 unspecified atom stereocenters. The van der Waals surface area contributed by atoms with Crippen molar-refractivity contribution in [2.45, 2.75) is 13.8 Å². The predicted octanol–water partition coefficient (Wildman–Crippen LogP) is 6.09. The van der Waals surface area contributed by atoms with Gasteiger partial charge in [-0.1, -0.05) is 24.3 Å². The van der Waals surface area contributed by atoms with E-state index < -0.39 is 0 Å². The van der Waals surface area contributed by atoms with Crippen LogP contribution in [-0.2, 0) is 14.1 Å². The highest BCUT2D eigenvalue weighted by Gasteiger charge is 2.20. The van der Waals surface area contributed by atoms with Crippen LogP contribution in [0.15, 0.2) is 64.0 Å². The van der Waals surface area contributed by atoms with E-state index in [2.05, 4.69) is 49.2 Å². The third-order valence-corrected chi connectivity index (χ3v) is 7.24. The average Bonchev–Trinajstić information content (AvgIpc) is 3.51. The quantitative estimate of drug-likeness (QED) is 0.310. The van der Waals surface area contributed by atoms with E-state index in [0.717, 1.165) is 66.1 Å². The van der Waals surface area contributed by atoms with Crippen molar-refractivity contribution in [2.24, 2.45) is 14.1 Å². The Kier molecular flexibility index (Phi) is 3.60. The summed E-state index contributed by atoms with van der Waals surface area (Å²) >= 11 is 0. The van der Waals surface area contributed by atoms with Crippen LogP contribution < -0.4 is 5.69 Å². The van der Waals surface area contributed by atoms with Gasteiger partial charge in [0.15, 0.2) is 0 Å². The van der Waals surface area contributed by atoms with Crippen molar-refractivity contribution < 1.29 is 4.42 Å². The van der Waals surface area contributed by atoms with Crippen molar-refractivity contribution in [3.63, 3.8) is 0 Å². The topological polar surface area (TPSA) is 68.8 Å². The Morgan fingerprint density at radius 3 is 2.50 bits per heavy atom. The van der Waals surface area contributed by atoms with Crippen molar-refractivity contribution >= 4 is 54.6 Å². The van der Waals surface area contributed by atoms with E-state index in [1.807, 2.05) is 24.5 Å². The van der Waals surface area contributed by atoms with Crippen LogP contribution in [0.3, 0.4) is 0 Å². The number of nitrogens with one attached hydrogen (secondary N) is 1. The summed E-state index contributed by atoms with van der Waals surface area (Å²) in [5.41, 5.74) is 7.74. The molecule has 0 aliphatic carbocycles. The molecule has 0 aliphatic rings. The number of fused-ring (bicyclic) bond motifs is 9. The van der Waals surface area contributed by atoms with Gasteiger partial charge in [0.1, 0.15) is 11.4 Å². The lowest BCUT2D eigenvalue weighted by molar-refractivity contribution is 0.616. The summed E-state index contributed by atoms with van der Waals surface area (Å²) in [6.07, 6.45) is 1.82. The summed E-state index contributed by atoms with van der Waals surface area (Å²) < 4.78 is 9.40. The minimum Gasteiger partial charge on any atom is -0.463 e. The van der Waals surface area contributed by atoms with E-state index in [1.165, 1.54) is 10.9 Å². The molecule has 6 heteroatoms. The number of hydrogen-bond acceptors (Lipinski definition) is 3. The lowest BCUT2D eigenvalue weighted by atomic mass is 9.96. The van der Waals surface area contributed by atoms with Gasteiger partial charge in [-0.3, -0.25) is 9.13 Å². The molecule has 0 saturated carbocycles. The maximum Gasteiger partial charge on any atom is 0.328 e. The highest BCUT2D eigenvalue weighted by atomic mass is 16.3. The Morgan fingerprint density at radius 1 is 0.853 bits per heavy atom. The molecule has 7 rings (SSSR count). The molecule has 3 aromatic heterocycles. The summed E-state index contributed by atoms with van der Waals surface area (Å²) in [7, 11) is 3.59. The highest BCUT2D eigenvalue weighted by molar-refractivity contribution is 6.29.